The fourth-order valence-electron chi connectivity index (χ4n) is 20.8. The molecule has 10 aromatic carbocycles. The molecular weight excluding hydrogens is 1700 g/mol. The van der Waals surface area contributed by atoms with Gasteiger partial charge in [-0.1, -0.05) is 152 Å². The Morgan fingerprint density at radius 3 is 0.883 bits per heavy atom. The fourth-order valence-corrected chi connectivity index (χ4v) is 20.8. The highest BCUT2D eigenvalue weighted by Crippen LogP contribution is 2.46. The lowest BCUT2D eigenvalue weighted by molar-refractivity contribution is -0.634. The Bertz CT molecular complexity index is 8030. The molecule has 0 bridgehead atoms. The summed E-state index contributed by atoms with van der Waals surface area (Å²) < 4.78 is 54.0. The normalized spacial score (nSPS) is 13.3. The molecule has 20 aromatic rings. The summed E-state index contributed by atoms with van der Waals surface area (Å²) in [7, 11) is 10.7. The third kappa shape index (κ3) is 17.3. The van der Waals surface area contributed by atoms with Gasteiger partial charge in [0, 0.05) is 30.6 Å². The van der Waals surface area contributed by atoms with Crippen molar-refractivity contribution in [2.24, 2.45) is 41.2 Å². The molecule has 710 valence electrons. The number of aryl methyl sites for hydroxylation is 11. The van der Waals surface area contributed by atoms with Gasteiger partial charge in [0.1, 0.15) is 55.3 Å². The number of fused-ring (bicyclic) bond motifs is 10. The summed E-state index contributed by atoms with van der Waals surface area (Å²) in [4.78, 5) is 24.5. The Balaban J connectivity index is 0.000000119. The SMILES string of the molecule is Cc1ccc2oc(C(C)(C)C)nc2c1-c1n(C(C)(C)C)c2ccccc2[n+]1C.Cc1ccc2oc(C(C)C)nc2c1-c1n(C(C)(C)C)c2ccccc2[n+]1C.Cc1ccc2oc(C3CCCC3)nc2c1-c1n(C(C)(C)C)c2ccccc2[n+]1C.Cc1ccc2oc(CC(C)C)nc2c1-c1n(C(C)(C)C)c2ccccc2[n+]1C.Cc1nc2c(-c3n(C(C)(C)C)c4ccccc4[n+]3C)c(C)ccc2o1. The van der Waals surface area contributed by atoms with E-state index in [0.29, 0.717) is 17.7 Å². The maximum Gasteiger partial charge on any atom is 0.292 e. The highest BCUT2D eigenvalue weighted by molar-refractivity contribution is 5.97. The highest BCUT2D eigenvalue weighted by atomic mass is 16.4. The van der Waals surface area contributed by atoms with Gasteiger partial charge in [-0.25, -0.2) is 70.6 Å². The molecule has 1 saturated carbocycles. The topological polar surface area (TPSA) is 174 Å². The van der Waals surface area contributed by atoms with Gasteiger partial charge in [0.15, 0.2) is 107 Å². The van der Waals surface area contributed by atoms with E-state index in [1.165, 1.54) is 126 Å². The van der Waals surface area contributed by atoms with Crippen LogP contribution in [0.1, 0.15) is 247 Å². The first-order valence-electron chi connectivity index (χ1n) is 49.0. The summed E-state index contributed by atoms with van der Waals surface area (Å²) in [5.41, 5.74) is 32.6. The zero-order chi connectivity index (χ0) is 98.4. The molecule has 1 aliphatic carbocycles. The van der Waals surface area contributed by atoms with Crippen molar-refractivity contribution in [3.05, 3.63) is 239 Å². The van der Waals surface area contributed by atoms with E-state index < -0.39 is 0 Å². The van der Waals surface area contributed by atoms with E-state index in [0.717, 1.165) is 125 Å². The summed E-state index contributed by atoms with van der Waals surface area (Å²) in [6, 6.07) is 63.9. The number of hydrogen-bond acceptors (Lipinski definition) is 10. The second kappa shape index (κ2) is 35.5. The van der Waals surface area contributed by atoms with E-state index in [-0.39, 0.29) is 39.0 Å². The lowest BCUT2D eigenvalue weighted by Crippen LogP contribution is -2.33. The monoisotopic (exact) mass is 1840 g/mol. The molecule has 1 aliphatic rings. The Hall–Kier alpha value is -13.1. The molecule has 21 rings (SSSR count). The van der Waals surface area contributed by atoms with Crippen LogP contribution in [-0.2, 0) is 74.8 Å². The molecular formula is C117H142N15O5+5. The van der Waals surface area contributed by atoms with E-state index in [4.69, 9.17) is 47.0 Å². The smallest absolute Gasteiger partial charge is 0.292 e. The van der Waals surface area contributed by atoms with Gasteiger partial charge >= 0.3 is 0 Å². The zero-order valence-corrected chi connectivity index (χ0v) is 87.3. The minimum atomic E-state index is -0.136. The lowest BCUT2D eigenvalue weighted by atomic mass is 9.97. The molecule has 0 aliphatic heterocycles. The Morgan fingerprint density at radius 1 is 0.307 bits per heavy atom. The minimum Gasteiger partial charge on any atom is -0.441 e. The molecule has 0 amide bonds. The standard InChI is InChI=1S/C25H30N3O.2C24H30N3O.C23H28N3O.C21H24N3O/c1-16-14-15-20-22(26-23(29-20)17-10-6-7-11-17)21(16)24-27(5)18-12-8-9-13-19(18)28(24)25(2,3)4;1-15-13-14-18-20(25-22(28-18)23(2,3)4)19(15)21-26(8)16-11-9-10-12-17(16)27(21)24(5,6)7;1-15(2)14-20-25-22-19(28-20)13-12-16(3)21(22)23-26(7)17-10-8-9-11-18(17)27(23)24(4,5)6;1-14(2)21-24-20-18(27-21)13-12-15(3)19(20)22-25(7)16-10-8-9-11-17(16)26(22)23(4,5)6;1-13-11-12-17-19(22-14(2)25-17)18(13)20-23(6)15-9-7-8-10-16(15)24(20)21(3,4)5/h8-9,12-15,17H,6-7,10-11H2,1-5H3;9-14H,1-8H3;8-13,15H,14H2,1-7H3;8-14H,1-7H3;7-12H,1-6H3/q5*+1. The van der Waals surface area contributed by atoms with Crippen LogP contribution in [0.2, 0.25) is 0 Å². The molecule has 1 fully saturated rings. The average Bonchev–Trinajstić information content (AvgIpc) is 1.59. The molecule has 0 atom stereocenters. The number of imidazole rings is 5. The van der Waals surface area contributed by atoms with Crippen molar-refractivity contribution in [2.75, 3.05) is 0 Å². The first-order valence-corrected chi connectivity index (χ1v) is 49.0. The van der Waals surface area contributed by atoms with Crippen LogP contribution in [0.15, 0.2) is 204 Å². The van der Waals surface area contributed by atoms with E-state index in [9.17, 15) is 0 Å². The number of aromatic nitrogens is 15. The van der Waals surface area contributed by atoms with Gasteiger partial charge in [0.2, 0.25) is 5.89 Å². The number of nitrogens with zero attached hydrogens (tertiary/aromatic N) is 15. The van der Waals surface area contributed by atoms with Crippen molar-refractivity contribution in [1.29, 1.82) is 0 Å². The number of hydrogen-bond donors (Lipinski definition) is 0. The number of para-hydroxylation sites is 10. The summed E-state index contributed by atoms with van der Waals surface area (Å²) in [6.45, 7) is 61.5. The number of oxazole rings is 5. The van der Waals surface area contributed by atoms with E-state index in [1.54, 1.807) is 0 Å². The molecule has 0 unspecified atom stereocenters. The quantitative estimate of drug-likeness (QED) is 0.127. The third-order valence-corrected chi connectivity index (χ3v) is 27.0. The van der Waals surface area contributed by atoms with Crippen LogP contribution in [0.5, 0.6) is 0 Å². The Kier molecular flexibility index (Phi) is 24.8. The van der Waals surface area contributed by atoms with Crippen molar-refractivity contribution in [2.45, 2.75) is 271 Å². The Morgan fingerprint density at radius 2 is 0.577 bits per heavy atom. The van der Waals surface area contributed by atoms with Gasteiger partial charge in [-0.3, -0.25) is 0 Å². The van der Waals surface area contributed by atoms with Gasteiger partial charge < -0.3 is 22.1 Å². The van der Waals surface area contributed by atoms with Crippen LogP contribution in [0.4, 0.5) is 0 Å². The van der Waals surface area contributed by atoms with Gasteiger partial charge in [0.25, 0.3) is 29.1 Å². The van der Waals surface area contributed by atoms with E-state index >= 15 is 0 Å². The predicted molar refractivity (Wildman–Crippen MR) is 557 cm³/mol. The van der Waals surface area contributed by atoms with Crippen LogP contribution in [0.3, 0.4) is 0 Å². The minimum absolute atomic E-state index is 0.0659. The second-order valence-corrected chi connectivity index (χ2v) is 44.9. The second-order valence-electron chi connectivity index (χ2n) is 44.9. The van der Waals surface area contributed by atoms with Crippen molar-refractivity contribution >= 4 is 111 Å². The summed E-state index contributed by atoms with van der Waals surface area (Å²) in [5.74, 6) is 11.1. The largest absolute Gasteiger partial charge is 0.441 e. The third-order valence-electron chi connectivity index (χ3n) is 27.0. The van der Waals surface area contributed by atoms with Crippen molar-refractivity contribution < 1.29 is 44.9 Å². The maximum atomic E-state index is 6.28. The molecule has 10 aromatic heterocycles. The van der Waals surface area contributed by atoms with Gasteiger partial charge in [-0.2, -0.15) is 0 Å². The number of benzene rings is 10. The molecule has 10 heterocycles. The van der Waals surface area contributed by atoms with Crippen LogP contribution in [0.25, 0.3) is 168 Å². The van der Waals surface area contributed by atoms with E-state index in [2.05, 4.69) is 432 Å². The van der Waals surface area contributed by atoms with Crippen molar-refractivity contribution in [1.82, 2.24) is 47.8 Å². The van der Waals surface area contributed by atoms with Crippen molar-refractivity contribution in [3.8, 4) is 56.9 Å². The summed E-state index contributed by atoms with van der Waals surface area (Å²) >= 11 is 0. The van der Waals surface area contributed by atoms with Crippen LogP contribution < -0.4 is 22.8 Å². The number of rotatable bonds is 9. The molecule has 0 spiro atoms. The van der Waals surface area contributed by atoms with Crippen molar-refractivity contribution in [3.63, 3.8) is 0 Å². The highest BCUT2D eigenvalue weighted by Gasteiger charge is 2.42. The summed E-state index contributed by atoms with van der Waals surface area (Å²) in [6.07, 6.45) is 5.79. The van der Waals surface area contributed by atoms with Crippen LogP contribution in [0, 0.1) is 47.5 Å². The molecule has 0 saturated heterocycles. The summed E-state index contributed by atoms with van der Waals surface area (Å²) in [5, 5.41) is 0. The zero-order valence-electron chi connectivity index (χ0n) is 87.3. The average molecular weight is 1840 g/mol. The molecule has 0 radical (unpaired) electrons. The Labute approximate surface area is 806 Å². The predicted octanol–water partition coefficient (Wildman–Crippen LogP) is 27.3. The van der Waals surface area contributed by atoms with Gasteiger partial charge in [0.05, 0.1) is 63.1 Å². The lowest BCUT2D eigenvalue weighted by Gasteiger charge is -2.19. The van der Waals surface area contributed by atoms with Gasteiger partial charge in [-0.05, 0) is 276 Å². The first kappa shape index (κ1) is 95.6. The molecule has 137 heavy (non-hydrogen) atoms. The van der Waals surface area contributed by atoms with Gasteiger partial charge in [-0.15, -0.1) is 0 Å². The molecule has 20 heteroatoms. The van der Waals surface area contributed by atoms with Crippen LogP contribution in [-0.4, -0.2) is 47.8 Å². The molecule has 20 nitrogen and oxygen atoms in total. The fraction of sp³-hybridized carbons (Fsp3) is 0.402. The first-order chi connectivity index (χ1) is 64.5. The van der Waals surface area contributed by atoms with Crippen LogP contribution >= 0.6 is 0 Å². The molecule has 0 N–H and O–H groups in total. The maximum absolute atomic E-state index is 6.28. The van der Waals surface area contributed by atoms with E-state index in [1.807, 2.05) is 25.1 Å².